The molecular formula is C18H22N4O4S. The van der Waals surface area contributed by atoms with Crippen molar-refractivity contribution >= 4 is 33.2 Å². The van der Waals surface area contributed by atoms with Crippen LogP contribution in [0.2, 0.25) is 0 Å². The van der Waals surface area contributed by atoms with Crippen molar-refractivity contribution in [2.45, 2.75) is 6.92 Å². The summed E-state index contributed by atoms with van der Waals surface area (Å²) in [6.07, 6.45) is 1.76. The molecule has 2 heterocycles. The van der Waals surface area contributed by atoms with Crippen LogP contribution < -0.4 is 14.5 Å². The van der Waals surface area contributed by atoms with E-state index >= 15 is 0 Å². The van der Waals surface area contributed by atoms with Crippen LogP contribution in [0, 0.1) is 0 Å². The number of benzene rings is 1. The largest absolute Gasteiger partial charge is 0.478 e. The third-order valence-corrected chi connectivity index (χ3v) is 5.79. The van der Waals surface area contributed by atoms with E-state index in [2.05, 4.69) is 19.5 Å². The lowest BCUT2D eigenvalue weighted by molar-refractivity contribution is 0.0698. The predicted octanol–water partition coefficient (Wildman–Crippen LogP) is 1.87. The fraction of sp³-hybridized carbons (Fsp3) is 0.333. The lowest BCUT2D eigenvalue weighted by Crippen LogP contribution is -2.46. The minimum Gasteiger partial charge on any atom is -0.478 e. The van der Waals surface area contributed by atoms with Gasteiger partial charge in [0.15, 0.2) is 0 Å². The van der Waals surface area contributed by atoms with Gasteiger partial charge in [0.2, 0.25) is 10.0 Å². The van der Waals surface area contributed by atoms with Crippen LogP contribution in [0.3, 0.4) is 0 Å². The molecule has 0 radical (unpaired) electrons. The van der Waals surface area contributed by atoms with Gasteiger partial charge in [0.25, 0.3) is 0 Å². The maximum Gasteiger partial charge on any atom is 0.337 e. The first kappa shape index (κ1) is 19.0. The highest BCUT2D eigenvalue weighted by Gasteiger charge is 2.21. The molecule has 2 N–H and O–H groups in total. The molecule has 9 heteroatoms. The van der Waals surface area contributed by atoms with E-state index in [1.165, 1.54) is 19.1 Å². The number of aromatic carboxylic acids is 1. The average Bonchev–Trinajstić information content (AvgIpc) is 2.69. The standard InChI is InChI=1S/C18H22N4O4S/c1-2-27(25,26)20-16-7-6-14(13-15(16)18(23)24)21-9-11-22(12-10-21)17-5-3-4-8-19-17/h3-8,13,20H,2,9-12H2,1H3,(H,23,24). The van der Waals surface area contributed by atoms with Crippen molar-refractivity contribution in [1.29, 1.82) is 0 Å². The zero-order valence-electron chi connectivity index (χ0n) is 15.0. The fourth-order valence-electron chi connectivity index (χ4n) is 2.97. The van der Waals surface area contributed by atoms with Gasteiger partial charge in [-0.1, -0.05) is 6.07 Å². The molecule has 1 aliphatic heterocycles. The summed E-state index contributed by atoms with van der Waals surface area (Å²) >= 11 is 0. The highest BCUT2D eigenvalue weighted by atomic mass is 32.2. The van der Waals surface area contributed by atoms with Gasteiger partial charge in [0.05, 0.1) is 17.0 Å². The first-order valence-corrected chi connectivity index (χ1v) is 10.3. The molecule has 0 saturated carbocycles. The van der Waals surface area contributed by atoms with Crippen LogP contribution in [0.5, 0.6) is 0 Å². The summed E-state index contributed by atoms with van der Waals surface area (Å²) in [4.78, 5) is 20.2. The third kappa shape index (κ3) is 4.48. The number of rotatable bonds is 6. The second kappa shape index (κ2) is 7.83. The maximum atomic E-state index is 11.8. The molecule has 8 nitrogen and oxygen atoms in total. The molecule has 27 heavy (non-hydrogen) atoms. The van der Waals surface area contributed by atoms with Crippen LogP contribution in [-0.4, -0.2) is 56.4 Å². The second-order valence-corrected chi connectivity index (χ2v) is 8.21. The summed E-state index contributed by atoms with van der Waals surface area (Å²) in [7, 11) is -3.54. The molecule has 1 aliphatic rings. The lowest BCUT2D eigenvalue weighted by atomic mass is 10.1. The van der Waals surface area contributed by atoms with Crippen LogP contribution in [0.1, 0.15) is 17.3 Å². The molecule has 2 aromatic rings. The van der Waals surface area contributed by atoms with E-state index in [9.17, 15) is 18.3 Å². The second-order valence-electron chi connectivity index (χ2n) is 6.20. The summed E-state index contributed by atoms with van der Waals surface area (Å²) in [6.45, 7) is 4.47. The number of pyridine rings is 1. The quantitative estimate of drug-likeness (QED) is 0.776. The van der Waals surface area contributed by atoms with Crippen molar-refractivity contribution in [3.8, 4) is 0 Å². The molecule has 1 fully saturated rings. The van der Waals surface area contributed by atoms with Gasteiger partial charge in [-0.3, -0.25) is 4.72 Å². The van der Waals surface area contributed by atoms with Gasteiger partial charge >= 0.3 is 5.97 Å². The molecule has 3 rings (SSSR count). The number of piperazine rings is 1. The fourth-order valence-corrected chi connectivity index (χ4v) is 3.63. The molecule has 1 aromatic carbocycles. The summed E-state index contributed by atoms with van der Waals surface area (Å²) in [6, 6.07) is 10.6. The summed E-state index contributed by atoms with van der Waals surface area (Å²) in [5.74, 6) is -0.367. The molecular weight excluding hydrogens is 368 g/mol. The summed E-state index contributed by atoms with van der Waals surface area (Å²) < 4.78 is 25.9. The first-order chi connectivity index (χ1) is 12.9. The highest BCUT2D eigenvalue weighted by molar-refractivity contribution is 7.92. The van der Waals surface area contributed by atoms with Gasteiger partial charge in [-0.05, 0) is 37.3 Å². The van der Waals surface area contributed by atoms with Gasteiger partial charge in [-0.25, -0.2) is 18.2 Å². The van der Waals surface area contributed by atoms with Crippen LogP contribution in [0.4, 0.5) is 17.2 Å². The van der Waals surface area contributed by atoms with E-state index in [1.54, 1.807) is 12.3 Å². The van der Waals surface area contributed by atoms with E-state index < -0.39 is 16.0 Å². The molecule has 0 atom stereocenters. The Bertz CT molecular complexity index is 910. The highest BCUT2D eigenvalue weighted by Crippen LogP contribution is 2.26. The number of carboxylic acids is 1. The SMILES string of the molecule is CCS(=O)(=O)Nc1ccc(N2CCN(c3ccccn3)CC2)cc1C(=O)O. The average molecular weight is 390 g/mol. The first-order valence-electron chi connectivity index (χ1n) is 8.68. The molecule has 0 spiro atoms. The molecule has 0 bridgehead atoms. The Labute approximate surface area is 158 Å². The zero-order valence-corrected chi connectivity index (χ0v) is 15.8. The molecule has 1 saturated heterocycles. The Balaban J connectivity index is 1.76. The van der Waals surface area contributed by atoms with E-state index in [0.29, 0.717) is 0 Å². The number of nitrogens with zero attached hydrogens (tertiary/aromatic N) is 3. The number of anilines is 3. The lowest BCUT2D eigenvalue weighted by Gasteiger charge is -2.36. The maximum absolute atomic E-state index is 11.8. The zero-order chi connectivity index (χ0) is 19.4. The van der Waals surface area contributed by atoms with Crippen molar-refractivity contribution in [2.75, 3.05) is 46.5 Å². The van der Waals surface area contributed by atoms with Crippen molar-refractivity contribution in [2.24, 2.45) is 0 Å². The van der Waals surface area contributed by atoms with E-state index in [0.717, 1.165) is 37.7 Å². The van der Waals surface area contributed by atoms with Gasteiger partial charge < -0.3 is 14.9 Å². The number of carboxylic acid groups (broad SMARTS) is 1. The predicted molar refractivity (Wildman–Crippen MR) is 105 cm³/mol. The number of hydrogen-bond donors (Lipinski definition) is 2. The molecule has 0 amide bonds. The normalized spacial score (nSPS) is 14.9. The van der Waals surface area contributed by atoms with Gasteiger partial charge in [-0.15, -0.1) is 0 Å². The van der Waals surface area contributed by atoms with Gasteiger partial charge in [0.1, 0.15) is 5.82 Å². The summed E-state index contributed by atoms with van der Waals surface area (Å²) in [5.41, 5.74) is 0.782. The third-order valence-electron chi connectivity index (χ3n) is 4.50. The number of hydrogen-bond acceptors (Lipinski definition) is 6. The van der Waals surface area contributed by atoms with E-state index in [1.807, 2.05) is 18.2 Å². The number of carbonyl (C=O) groups is 1. The van der Waals surface area contributed by atoms with Crippen molar-refractivity contribution in [3.05, 3.63) is 48.2 Å². The monoisotopic (exact) mass is 390 g/mol. The Kier molecular flexibility index (Phi) is 5.50. The summed E-state index contributed by atoms with van der Waals surface area (Å²) in [5, 5.41) is 9.48. The van der Waals surface area contributed by atoms with Crippen LogP contribution >= 0.6 is 0 Å². The molecule has 144 valence electrons. The number of sulfonamides is 1. The van der Waals surface area contributed by atoms with Gasteiger partial charge in [0, 0.05) is 38.1 Å². The Morgan fingerprint density at radius 3 is 2.44 bits per heavy atom. The minimum atomic E-state index is -3.54. The Morgan fingerprint density at radius 1 is 1.15 bits per heavy atom. The van der Waals surface area contributed by atoms with Crippen molar-refractivity contribution < 1.29 is 18.3 Å². The smallest absolute Gasteiger partial charge is 0.337 e. The molecule has 1 aromatic heterocycles. The van der Waals surface area contributed by atoms with E-state index in [-0.39, 0.29) is 17.0 Å². The minimum absolute atomic E-state index is 0.0586. The van der Waals surface area contributed by atoms with Crippen LogP contribution in [0.25, 0.3) is 0 Å². The van der Waals surface area contributed by atoms with Crippen molar-refractivity contribution in [1.82, 2.24) is 4.98 Å². The van der Waals surface area contributed by atoms with Crippen LogP contribution in [-0.2, 0) is 10.0 Å². The Morgan fingerprint density at radius 2 is 1.85 bits per heavy atom. The van der Waals surface area contributed by atoms with Crippen molar-refractivity contribution in [3.63, 3.8) is 0 Å². The topological polar surface area (TPSA) is 103 Å². The number of nitrogens with one attached hydrogen (secondary N) is 1. The molecule has 0 aliphatic carbocycles. The van der Waals surface area contributed by atoms with Gasteiger partial charge in [-0.2, -0.15) is 0 Å². The van der Waals surface area contributed by atoms with Crippen LogP contribution in [0.15, 0.2) is 42.6 Å². The molecule has 0 unspecified atom stereocenters. The van der Waals surface area contributed by atoms with E-state index in [4.69, 9.17) is 0 Å². The Hall–Kier alpha value is -2.81. The number of aromatic nitrogens is 1.